The number of aromatic nitrogens is 1. The topological polar surface area (TPSA) is 97.4 Å². The van der Waals surface area contributed by atoms with Gasteiger partial charge in [0, 0.05) is 5.02 Å². The Bertz CT molecular complexity index is 1600. The second kappa shape index (κ2) is 10.9. The summed E-state index contributed by atoms with van der Waals surface area (Å²) in [6.45, 7) is 0. The fourth-order valence-electron chi connectivity index (χ4n) is 3.18. The van der Waals surface area contributed by atoms with Crippen molar-refractivity contribution >= 4 is 50.6 Å². The van der Waals surface area contributed by atoms with Crippen molar-refractivity contribution in [2.45, 2.75) is 11.1 Å². The van der Waals surface area contributed by atoms with Crippen molar-refractivity contribution in [1.29, 1.82) is 0 Å². The molecule has 0 unspecified atom stereocenters. The van der Waals surface area contributed by atoms with Gasteiger partial charge < -0.3 is 10.1 Å². The number of benzene rings is 3. The van der Waals surface area contributed by atoms with Crippen molar-refractivity contribution in [3.63, 3.8) is 0 Å². The molecule has 1 aromatic heterocycles. The Morgan fingerprint density at radius 2 is 1.61 bits per heavy atom. The van der Waals surface area contributed by atoms with Crippen LogP contribution in [0.1, 0.15) is 16.1 Å². The highest BCUT2D eigenvalue weighted by Crippen LogP contribution is 2.31. The van der Waals surface area contributed by atoms with Crippen LogP contribution in [-0.4, -0.2) is 19.3 Å². The Hall–Kier alpha value is -3.80. The number of carbonyl (C=O) groups excluding carboxylic acids is 1. The number of amides is 1. The molecule has 0 aliphatic heterocycles. The number of ether oxygens (including phenoxy) is 1. The molecule has 0 radical (unpaired) electrons. The zero-order chi connectivity index (χ0) is 27.5. The number of sulfonamides is 1. The molecule has 4 rings (SSSR count). The van der Waals surface area contributed by atoms with E-state index >= 15 is 0 Å². The Kier molecular flexibility index (Phi) is 7.81. The predicted octanol–water partition coefficient (Wildman–Crippen LogP) is 7.25. The van der Waals surface area contributed by atoms with Crippen LogP contribution in [0.2, 0.25) is 10.0 Å². The van der Waals surface area contributed by atoms with Crippen LogP contribution in [-0.2, 0) is 16.2 Å². The molecule has 0 saturated carbocycles. The number of rotatable bonds is 7. The lowest BCUT2D eigenvalue weighted by Crippen LogP contribution is -2.19. The Morgan fingerprint density at radius 1 is 0.895 bits per heavy atom. The molecule has 7 nitrogen and oxygen atoms in total. The molecule has 0 atom stereocenters. The summed E-state index contributed by atoms with van der Waals surface area (Å²) in [5.74, 6) is -0.597. The molecule has 13 heteroatoms. The summed E-state index contributed by atoms with van der Waals surface area (Å²) >= 11 is 12.1. The molecule has 196 valence electrons. The molecule has 0 bridgehead atoms. The molecule has 3 aromatic carbocycles. The van der Waals surface area contributed by atoms with E-state index in [-0.39, 0.29) is 27.0 Å². The fraction of sp³-hybridized carbons (Fsp3) is 0.0400. The van der Waals surface area contributed by atoms with E-state index in [4.69, 9.17) is 27.9 Å². The number of hydrogen-bond acceptors (Lipinski definition) is 5. The number of para-hydroxylation sites is 1. The van der Waals surface area contributed by atoms with Crippen LogP contribution in [0.3, 0.4) is 0 Å². The number of nitrogens with one attached hydrogen (secondary N) is 2. The van der Waals surface area contributed by atoms with E-state index in [0.717, 1.165) is 18.2 Å². The minimum atomic E-state index is -4.72. The summed E-state index contributed by atoms with van der Waals surface area (Å²) in [6, 6.07) is 18.9. The molecule has 1 heterocycles. The molecule has 0 saturated heterocycles. The van der Waals surface area contributed by atoms with E-state index in [9.17, 15) is 26.4 Å². The quantitative estimate of drug-likeness (QED) is 0.239. The van der Waals surface area contributed by atoms with Gasteiger partial charge in [-0.25, -0.2) is 13.4 Å². The van der Waals surface area contributed by atoms with Crippen molar-refractivity contribution < 1.29 is 31.1 Å². The third-order valence-corrected chi connectivity index (χ3v) is 6.88. The lowest BCUT2D eigenvalue weighted by atomic mass is 10.1. The minimum absolute atomic E-state index is 0.0937. The highest BCUT2D eigenvalue weighted by molar-refractivity contribution is 7.92. The van der Waals surface area contributed by atoms with E-state index < -0.39 is 27.8 Å². The number of carbonyl (C=O) groups is 1. The largest absolute Gasteiger partial charge is 0.456 e. The molecular formula is C25H16Cl2F3N3O4S. The van der Waals surface area contributed by atoms with Crippen molar-refractivity contribution in [2.75, 3.05) is 10.0 Å². The number of halogens is 5. The third-order valence-electron chi connectivity index (χ3n) is 4.95. The first-order valence-corrected chi connectivity index (χ1v) is 12.9. The number of pyridine rings is 1. The average Bonchev–Trinajstić information content (AvgIpc) is 2.86. The maximum absolute atomic E-state index is 13.0. The zero-order valence-corrected chi connectivity index (χ0v) is 21.3. The van der Waals surface area contributed by atoms with Crippen LogP contribution in [0.25, 0.3) is 0 Å². The van der Waals surface area contributed by atoms with Crippen molar-refractivity contribution in [2.24, 2.45) is 0 Å². The first kappa shape index (κ1) is 27.2. The van der Waals surface area contributed by atoms with Crippen LogP contribution >= 0.6 is 23.2 Å². The van der Waals surface area contributed by atoms with Crippen molar-refractivity contribution in [3.05, 3.63) is 106 Å². The summed E-state index contributed by atoms with van der Waals surface area (Å²) in [5, 5.41) is 2.70. The van der Waals surface area contributed by atoms with Gasteiger partial charge in [-0.1, -0.05) is 41.4 Å². The normalized spacial score (nSPS) is 11.6. The van der Waals surface area contributed by atoms with Gasteiger partial charge in [-0.2, -0.15) is 13.2 Å². The number of nitrogens with zero attached hydrogens (tertiary/aromatic N) is 1. The van der Waals surface area contributed by atoms with E-state index in [1.54, 1.807) is 24.3 Å². The second-order valence-electron chi connectivity index (χ2n) is 7.66. The molecule has 38 heavy (non-hydrogen) atoms. The standard InChI is InChI=1S/C25H16Cl2F3N3O4S/c26-15-8-13-20(18(14-15)24(34)32-23-7-3-6-22(31-23)25(28,29)30)33-38(35,36)17-11-9-16(10-12-17)37-21-5-2-1-4-19(21)27/h1-14,33H,(H,31,32,34). The first-order valence-electron chi connectivity index (χ1n) is 10.6. The predicted molar refractivity (Wildman–Crippen MR) is 137 cm³/mol. The van der Waals surface area contributed by atoms with Gasteiger partial charge in [-0.15, -0.1) is 0 Å². The highest BCUT2D eigenvalue weighted by atomic mass is 35.5. The fourth-order valence-corrected chi connectivity index (χ4v) is 4.61. The van der Waals surface area contributed by atoms with Gasteiger partial charge in [0.1, 0.15) is 23.0 Å². The van der Waals surface area contributed by atoms with Crippen LogP contribution in [0.15, 0.2) is 89.8 Å². The summed E-state index contributed by atoms with van der Waals surface area (Å²) in [7, 11) is -4.20. The van der Waals surface area contributed by atoms with Gasteiger partial charge in [0.25, 0.3) is 15.9 Å². The van der Waals surface area contributed by atoms with Crippen LogP contribution < -0.4 is 14.8 Å². The molecule has 1 amide bonds. The average molecular weight is 582 g/mol. The van der Waals surface area contributed by atoms with Crippen molar-refractivity contribution in [3.8, 4) is 11.5 Å². The van der Waals surface area contributed by atoms with Crippen LogP contribution in [0, 0.1) is 0 Å². The minimum Gasteiger partial charge on any atom is -0.456 e. The van der Waals surface area contributed by atoms with E-state index in [0.29, 0.717) is 16.5 Å². The maximum Gasteiger partial charge on any atom is 0.433 e. The molecule has 2 N–H and O–H groups in total. The van der Waals surface area contributed by atoms with E-state index in [1.165, 1.54) is 42.5 Å². The summed E-state index contributed by atoms with van der Waals surface area (Å²) in [6.07, 6.45) is -4.72. The lowest BCUT2D eigenvalue weighted by Gasteiger charge is -2.14. The third kappa shape index (κ3) is 6.55. The Balaban J connectivity index is 1.55. The SMILES string of the molecule is O=C(Nc1cccc(C(F)(F)F)n1)c1cc(Cl)ccc1NS(=O)(=O)c1ccc(Oc2ccccc2Cl)cc1. The first-order chi connectivity index (χ1) is 17.9. The lowest BCUT2D eigenvalue weighted by molar-refractivity contribution is -0.141. The van der Waals surface area contributed by atoms with E-state index in [2.05, 4.69) is 15.0 Å². The second-order valence-corrected chi connectivity index (χ2v) is 10.2. The van der Waals surface area contributed by atoms with Gasteiger partial charge in [0.05, 0.1) is 21.2 Å². The van der Waals surface area contributed by atoms with Crippen LogP contribution in [0.4, 0.5) is 24.7 Å². The summed E-state index contributed by atoms with van der Waals surface area (Å²) in [5.41, 5.74) is -1.60. The van der Waals surface area contributed by atoms with Crippen LogP contribution in [0.5, 0.6) is 11.5 Å². The van der Waals surface area contributed by atoms with E-state index in [1.807, 2.05) is 0 Å². The summed E-state index contributed by atoms with van der Waals surface area (Å²) in [4.78, 5) is 16.1. The van der Waals surface area contributed by atoms with Gasteiger partial charge in [0.2, 0.25) is 0 Å². The van der Waals surface area contributed by atoms with Gasteiger partial charge >= 0.3 is 6.18 Å². The molecule has 4 aromatic rings. The molecule has 0 spiro atoms. The van der Waals surface area contributed by atoms with Gasteiger partial charge in [0.15, 0.2) is 0 Å². The number of hydrogen-bond donors (Lipinski definition) is 2. The number of anilines is 2. The smallest absolute Gasteiger partial charge is 0.433 e. The molecule has 0 aliphatic carbocycles. The molecule has 0 fully saturated rings. The van der Waals surface area contributed by atoms with Gasteiger partial charge in [-0.3, -0.25) is 9.52 Å². The molecular weight excluding hydrogens is 566 g/mol. The molecule has 0 aliphatic rings. The maximum atomic E-state index is 13.0. The zero-order valence-electron chi connectivity index (χ0n) is 19.0. The number of alkyl halides is 3. The van der Waals surface area contributed by atoms with Gasteiger partial charge in [-0.05, 0) is 66.7 Å². The van der Waals surface area contributed by atoms with Crippen molar-refractivity contribution in [1.82, 2.24) is 4.98 Å². The Morgan fingerprint density at radius 3 is 2.29 bits per heavy atom. The monoisotopic (exact) mass is 581 g/mol. The highest BCUT2D eigenvalue weighted by Gasteiger charge is 2.32. The Labute approximate surface area is 225 Å². The summed E-state index contributed by atoms with van der Waals surface area (Å²) < 4.78 is 72.9.